The molecule has 0 bridgehead atoms. The summed E-state index contributed by atoms with van der Waals surface area (Å²) in [4.78, 5) is 24.5. The van der Waals surface area contributed by atoms with Gasteiger partial charge in [0.1, 0.15) is 10.8 Å². The molecule has 2 aromatic carbocycles. The van der Waals surface area contributed by atoms with Crippen LogP contribution in [0.1, 0.15) is 33.3 Å². The van der Waals surface area contributed by atoms with E-state index in [1.807, 2.05) is 37.3 Å². The standard InChI is InChI=1S/C21H22N4O3S2/c1-14(15-6-4-3-5-7-15)22-18(26)12-29-13-19-24-25-21(30-19)20(27)23-16-8-10-17(28-2)11-9-16/h3-11,14H,12-13H2,1-2H3,(H,22,26)(H,23,27). The molecule has 0 fully saturated rings. The summed E-state index contributed by atoms with van der Waals surface area (Å²) in [6, 6.07) is 16.8. The van der Waals surface area contributed by atoms with E-state index in [0.717, 1.165) is 5.56 Å². The Morgan fingerprint density at radius 2 is 1.83 bits per heavy atom. The number of hydrogen-bond acceptors (Lipinski definition) is 7. The van der Waals surface area contributed by atoms with Crippen LogP contribution in [0, 0.1) is 0 Å². The minimum atomic E-state index is -0.316. The molecule has 1 aromatic heterocycles. The van der Waals surface area contributed by atoms with Crippen molar-refractivity contribution in [2.45, 2.75) is 18.7 Å². The van der Waals surface area contributed by atoms with E-state index in [0.29, 0.717) is 28.0 Å². The number of carbonyl (C=O) groups is 2. The van der Waals surface area contributed by atoms with Crippen LogP contribution in [-0.4, -0.2) is 34.9 Å². The highest BCUT2D eigenvalue weighted by Gasteiger charge is 2.14. The Bertz CT molecular complexity index is 977. The van der Waals surface area contributed by atoms with Crippen molar-refractivity contribution < 1.29 is 14.3 Å². The van der Waals surface area contributed by atoms with E-state index in [1.54, 1.807) is 31.4 Å². The van der Waals surface area contributed by atoms with E-state index in [4.69, 9.17) is 4.74 Å². The molecule has 156 valence electrons. The number of methoxy groups -OCH3 is 1. The maximum Gasteiger partial charge on any atom is 0.286 e. The first-order valence-corrected chi connectivity index (χ1v) is 11.2. The van der Waals surface area contributed by atoms with Crippen LogP contribution in [0.4, 0.5) is 5.69 Å². The second-order valence-corrected chi connectivity index (χ2v) is 8.42. The van der Waals surface area contributed by atoms with Crippen molar-refractivity contribution in [3.63, 3.8) is 0 Å². The fraction of sp³-hybridized carbons (Fsp3) is 0.238. The number of aromatic nitrogens is 2. The van der Waals surface area contributed by atoms with Crippen molar-refractivity contribution in [1.29, 1.82) is 0 Å². The first-order valence-electron chi connectivity index (χ1n) is 9.25. The molecule has 3 rings (SSSR count). The summed E-state index contributed by atoms with van der Waals surface area (Å²) in [6.07, 6.45) is 0. The number of benzene rings is 2. The SMILES string of the molecule is COc1ccc(NC(=O)c2nnc(CSCC(=O)NC(C)c3ccccc3)s2)cc1. The third-order valence-electron chi connectivity index (χ3n) is 4.14. The van der Waals surface area contributed by atoms with Crippen molar-refractivity contribution >= 4 is 40.6 Å². The zero-order chi connectivity index (χ0) is 21.3. The van der Waals surface area contributed by atoms with Gasteiger partial charge in [-0.15, -0.1) is 22.0 Å². The molecule has 30 heavy (non-hydrogen) atoms. The Hall–Kier alpha value is -2.91. The van der Waals surface area contributed by atoms with Crippen LogP contribution in [0.5, 0.6) is 5.75 Å². The molecule has 1 heterocycles. The maximum absolute atomic E-state index is 12.3. The molecule has 2 amide bonds. The molecular weight excluding hydrogens is 420 g/mol. The lowest BCUT2D eigenvalue weighted by atomic mass is 10.1. The zero-order valence-electron chi connectivity index (χ0n) is 16.6. The highest BCUT2D eigenvalue weighted by molar-refractivity contribution is 7.99. The van der Waals surface area contributed by atoms with E-state index in [1.165, 1.54) is 23.1 Å². The molecule has 9 heteroatoms. The van der Waals surface area contributed by atoms with Gasteiger partial charge in [-0.3, -0.25) is 9.59 Å². The first-order chi connectivity index (χ1) is 14.5. The van der Waals surface area contributed by atoms with E-state index in [9.17, 15) is 9.59 Å². The van der Waals surface area contributed by atoms with Crippen molar-refractivity contribution in [3.05, 3.63) is 70.2 Å². The third-order valence-corrected chi connectivity index (χ3v) is 6.19. The first kappa shape index (κ1) is 21.8. The van der Waals surface area contributed by atoms with E-state index in [-0.39, 0.29) is 22.9 Å². The molecule has 0 aliphatic heterocycles. The van der Waals surface area contributed by atoms with Crippen LogP contribution in [0.3, 0.4) is 0 Å². The molecular formula is C21H22N4O3S2. The molecule has 0 saturated carbocycles. The number of amides is 2. The number of anilines is 1. The van der Waals surface area contributed by atoms with Gasteiger partial charge >= 0.3 is 0 Å². The molecule has 2 N–H and O–H groups in total. The molecule has 1 atom stereocenters. The predicted molar refractivity (Wildman–Crippen MR) is 120 cm³/mol. The number of rotatable bonds is 9. The summed E-state index contributed by atoms with van der Waals surface area (Å²) in [5, 5.41) is 14.7. The number of thioether (sulfide) groups is 1. The van der Waals surface area contributed by atoms with Crippen LogP contribution in [0.2, 0.25) is 0 Å². The minimum Gasteiger partial charge on any atom is -0.497 e. The number of carbonyl (C=O) groups excluding carboxylic acids is 2. The largest absolute Gasteiger partial charge is 0.497 e. The molecule has 3 aromatic rings. The van der Waals surface area contributed by atoms with Gasteiger partial charge in [-0.25, -0.2) is 0 Å². The van der Waals surface area contributed by atoms with Crippen LogP contribution >= 0.6 is 23.1 Å². The Kier molecular flexibility index (Phi) is 7.81. The van der Waals surface area contributed by atoms with Gasteiger partial charge in [0.15, 0.2) is 0 Å². The van der Waals surface area contributed by atoms with Gasteiger partial charge in [-0.05, 0) is 36.8 Å². The number of hydrogen-bond donors (Lipinski definition) is 2. The summed E-state index contributed by atoms with van der Waals surface area (Å²) in [5.41, 5.74) is 1.71. The molecule has 0 radical (unpaired) electrons. The second kappa shape index (κ2) is 10.7. The molecule has 0 aliphatic rings. The summed E-state index contributed by atoms with van der Waals surface area (Å²) >= 11 is 2.65. The van der Waals surface area contributed by atoms with Gasteiger partial charge in [0, 0.05) is 11.4 Å². The Labute approximate surface area is 183 Å². The van der Waals surface area contributed by atoms with Crippen molar-refractivity contribution in [3.8, 4) is 5.75 Å². The third kappa shape index (κ3) is 6.30. The van der Waals surface area contributed by atoms with Crippen molar-refractivity contribution in [1.82, 2.24) is 15.5 Å². The maximum atomic E-state index is 12.3. The van der Waals surface area contributed by atoms with Crippen molar-refractivity contribution in [2.24, 2.45) is 0 Å². The Balaban J connectivity index is 1.43. The van der Waals surface area contributed by atoms with Gasteiger partial charge in [-0.2, -0.15) is 0 Å². The minimum absolute atomic E-state index is 0.0432. The van der Waals surface area contributed by atoms with Gasteiger partial charge in [0.25, 0.3) is 5.91 Å². The highest BCUT2D eigenvalue weighted by atomic mass is 32.2. The average molecular weight is 443 g/mol. The lowest BCUT2D eigenvalue weighted by Gasteiger charge is -2.13. The zero-order valence-corrected chi connectivity index (χ0v) is 18.3. The summed E-state index contributed by atoms with van der Waals surface area (Å²) in [5.74, 6) is 1.18. The smallest absolute Gasteiger partial charge is 0.286 e. The lowest BCUT2D eigenvalue weighted by molar-refractivity contribution is -0.119. The topological polar surface area (TPSA) is 93.2 Å². The fourth-order valence-electron chi connectivity index (χ4n) is 2.60. The predicted octanol–water partition coefficient (Wildman–Crippen LogP) is 3.91. The molecule has 1 unspecified atom stereocenters. The molecule has 0 aliphatic carbocycles. The summed E-state index contributed by atoms with van der Waals surface area (Å²) in [6.45, 7) is 1.95. The van der Waals surface area contributed by atoms with Crippen molar-refractivity contribution in [2.75, 3.05) is 18.2 Å². The molecule has 0 spiro atoms. The quantitative estimate of drug-likeness (QED) is 0.522. The van der Waals surface area contributed by atoms with Gasteiger partial charge in [-0.1, -0.05) is 41.7 Å². The van der Waals surface area contributed by atoms with E-state index in [2.05, 4.69) is 20.8 Å². The fourth-order valence-corrected chi connectivity index (χ4v) is 4.22. The second-order valence-electron chi connectivity index (χ2n) is 6.38. The van der Waals surface area contributed by atoms with Crippen LogP contribution in [0.25, 0.3) is 0 Å². The number of nitrogens with one attached hydrogen (secondary N) is 2. The Morgan fingerprint density at radius 1 is 1.10 bits per heavy atom. The van der Waals surface area contributed by atoms with E-state index < -0.39 is 0 Å². The van der Waals surface area contributed by atoms with E-state index >= 15 is 0 Å². The lowest BCUT2D eigenvalue weighted by Crippen LogP contribution is -2.28. The monoisotopic (exact) mass is 442 g/mol. The van der Waals surface area contributed by atoms with Crippen LogP contribution in [-0.2, 0) is 10.5 Å². The van der Waals surface area contributed by atoms with Crippen LogP contribution < -0.4 is 15.4 Å². The Morgan fingerprint density at radius 3 is 2.53 bits per heavy atom. The average Bonchev–Trinajstić information content (AvgIpc) is 3.24. The number of ether oxygens (including phenoxy) is 1. The number of nitrogens with zero attached hydrogens (tertiary/aromatic N) is 2. The van der Waals surface area contributed by atoms with Gasteiger partial charge < -0.3 is 15.4 Å². The molecule has 0 saturated heterocycles. The van der Waals surface area contributed by atoms with Gasteiger partial charge in [0.2, 0.25) is 10.9 Å². The normalized spacial score (nSPS) is 11.5. The summed E-state index contributed by atoms with van der Waals surface area (Å²) < 4.78 is 5.10. The molecule has 7 nitrogen and oxygen atoms in total. The van der Waals surface area contributed by atoms with Crippen LogP contribution in [0.15, 0.2) is 54.6 Å². The highest BCUT2D eigenvalue weighted by Crippen LogP contribution is 2.20. The van der Waals surface area contributed by atoms with Gasteiger partial charge in [0.05, 0.1) is 18.9 Å². The summed E-state index contributed by atoms with van der Waals surface area (Å²) in [7, 11) is 1.59.